The molecule has 9 heteroatoms. The Hall–Kier alpha value is -1.97. The van der Waals surface area contributed by atoms with Gasteiger partial charge in [-0.2, -0.15) is 0 Å². The van der Waals surface area contributed by atoms with Gasteiger partial charge in [0.15, 0.2) is 0 Å². The van der Waals surface area contributed by atoms with Gasteiger partial charge in [0.1, 0.15) is 0 Å². The highest BCUT2D eigenvalue weighted by molar-refractivity contribution is 5.79. The standard InChI is InChI=1S/C9H16O5.C5H8O4/c1-7(4-10)9(5-11,6-12)3-2-8(13)14;6-4(7)2-1-3-5(8)9/h2-3,7,10-12H,4-6H2,1H3,(H,13,14);1-3H2,(H,6,7)(H,8,9). The summed E-state index contributed by atoms with van der Waals surface area (Å²) in [6, 6.07) is 0. The fourth-order valence-corrected chi connectivity index (χ4v) is 1.44. The van der Waals surface area contributed by atoms with E-state index in [0.717, 1.165) is 6.08 Å². The van der Waals surface area contributed by atoms with E-state index in [1.54, 1.807) is 6.92 Å². The zero-order chi connectivity index (χ0) is 18.5. The second kappa shape index (κ2) is 12.6. The van der Waals surface area contributed by atoms with Crippen LogP contribution in [0.2, 0.25) is 0 Å². The first kappa shape index (κ1) is 23.3. The molecule has 0 rings (SSSR count). The third-order valence-corrected chi connectivity index (χ3v) is 3.18. The van der Waals surface area contributed by atoms with E-state index in [9.17, 15) is 14.4 Å². The monoisotopic (exact) mass is 336 g/mol. The zero-order valence-corrected chi connectivity index (χ0v) is 12.9. The lowest BCUT2D eigenvalue weighted by Crippen LogP contribution is -2.36. The van der Waals surface area contributed by atoms with Crippen molar-refractivity contribution in [2.45, 2.75) is 26.2 Å². The summed E-state index contributed by atoms with van der Waals surface area (Å²) < 4.78 is 0. The molecule has 0 aromatic carbocycles. The molecule has 1 atom stereocenters. The van der Waals surface area contributed by atoms with Crippen LogP contribution in [0.4, 0.5) is 0 Å². The molecule has 1 unspecified atom stereocenters. The number of carbonyl (C=O) groups is 3. The van der Waals surface area contributed by atoms with E-state index >= 15 is 0 Å². The van der Waals surface area contributed by atoms with E-state index in [-0.39, 0.29) is 25.9 Å². The normalized spacial score (nSPS) is 12.3. The summed E-state index contributed by atoms with van der Waals surface area (Å²) in [6.45, 7) is 0.577. The molecular formula is C14H24O9. The smallest absolute Gasteiger partial charge is 0.328 e. The van der Waals surface area contributed by atoms with Crippen LogP contribution >= 0.6 is 0 Å². The summed E-state index contributed by atoms with van der Waals surface area (Å²) in [7, 11) is 0. The van der Waals surface area contributed by atoms with Crippen molar-refractivity contribution in [3.8, 4) is 0 Å². The lowest BCUT2D eigenvalue weighted by molar-refractivity contribution is -0.138. The molecule has 0 heterocycles. The Kier molecular flexibility index (Phi) is 12.7. The second-order valence-corrected chi connectivity index (χ2v) is 4.95. The average Bonchev–Trinajstić information content (AvgIpc) is 2.48. The van der Waals surface area contributed by atoms with E-state index in [1.165, 1.54) is 6.08 Å². The van der Waals surface area contributed by atoms with Gasteiger partial charge in [-0.05, 0) is 12.3 Å². The minimum Gasteiger partial charge on any atom is -0.481 e. The fourth-order valence-electron chi connectivity index (χ4n) is 1.44. The molecule has 0 aliphatic rings. The third kappa shape index (κ3) is 11.3. The van der Waals surface area contributed by atoms with E-state index in [1.807, 2.05) is 0 Å². The molecule has 0 bridgehead atoms. The highest BCUT2D eigenvalue weighted by atomic mass is 16.4. The first-order valence-corrected chi connectivity index (χ1v) is 6.83. The van der Waals surface area contributed by atoms with Crippen LogP contribution in [0.25, 0.3) is 0 Å². The molecule has 0 saturated carbocycles. The van der Waals surface area contributed by atoms with Crippen molar-refractivity contribution >= 4 is 17.9 Å². The van der Waals surface area contributed by atoms with Gasteiger partial charge in [0.2, 0.25) is 0 Å². The number of carboxylic acids is 3. The van der Waals surface area contributed by atoms with Crippen molar-refractivity contribution in [1.82, 2.24) is 0 Å². The maximum atomic E-state index is 10.3. The fraction of sp³-hybridized carbons (Fsp3) is 0.643. The van der Waals surface area contributed by atoms with Gasteiger partial charge in [0, 0.05) is 30.9 Å². The van der Waals surface area contributed by atoms with E-state index in [2.05, 4.69) is 0 Å². The minimum absolute atomic E-state index is 0.0632. The van der Waals surface area contributed by atoms with Crippen LogP contribution in [0.1, 0.15) is 26.2 Å². The zero-order valence-electron chi connectivity index (χ0n) is 12.9. The van der Waals surface area contributed by atoms with Gasteiger partial charge in [0.25, 0.3) is 0 Å². The third-order valence-electron chi connectivity index (χ3n) is 3.18. The van der Waals surface area contributed by atoms with Crippen molar-refractivity contribution in [3.63, 3.8) is 0 Å². The number of aliphatic carboxylic acids is 3. The highest BCUT2D eigenvalue weighted by Crippen LogP contribution is 2.28. The first-order chi connectivity index (χ1) is 10.6. The number of hydrogen-bond acceptors (Lipinski definition) is 6. The minimum atomic E-state index is -1.15. The van der Waals surface area contributed by atoms with Gasteiger partial charge >= 0.3 is 17.9 Å². The van der Waals surface area contributed by atoms with Gasteiger partial charge in [-0.1, -0.05) is 13.0 Å². The number of rotatable bonds is 10. The quantitative estimate of drug-likeness (QED) is 0.289. The van der Waals surface area contributed by atoms with Crippen molar-refractivity contribution in [2.24, 2.45) is 11.3 Å². The van der Waals surface area contributed by atoms with E-state index in [4.69, 9.17) is 30.6 Å². The number of aliphatic hydroxyl groups excluding tert-OH is 3. The van der Waals surface area contributed by atoms with Crippen molar-refractivity contribution in [3.05, 3.63) is 12.2 Å². The Morgan fingerprint density at radius 3 is 1.65 bits per heavy atom. The molecule has 6 N–H and O–H groups in total. The molecule has 0 saturated heterocycles. The Morgan fingerprint density at radius 1 is 0.957 bits per heavy atom. The maximum Gasteiger partial charge on any atom is 0.328 e. The van der Waals surface area contributed by atoms with Gasteiger partial charge in [-0.3, -0.25) is 9.59 Å². The first-order valence-electron chi connectivity index (χ1n) is 6.83. The summed E-state index contributed by atoms with van der Waals surface area (Å²) >= 11 is 0. The predicted molar refractivity (Wildman–Crippen MR) is 78.8 cm³/mol. The maximum absolute atomic E-state index is 10.3. The van der Waals surface area contributed by atoms with Crippen LogP contribution in [0.3, 0.4) is 0 Å². The summed E-state index contributed by atoms with van der Waals surface area (Å²) in [5, 5.41) is 51.5. The summed E-state index contributed by atoms with van der Waals surface area (Å²) in [4.78, 5) is 29.9. The van der Waals surface area contributed by atoms with Crippen LogP contribution in [0, 0.1) is 11.3 Å². The average molecular weight is 336 g/mol. The molecule has 0 amide bonds. The molecule has 134 valence electrons. The lowest BCUT2D eigenvalue weighted by atomic mass is 9.77. The summed E-state index contributed by atoms with van der Waals surface area (Å²) in [6.07, 6.45) is 2.16. The Morgan fingerprint density at radius 2 is 1.39 bits per heavy atom. The molecule has 0 spiro atoms. The molecule has 0 aromatic rings. The molecule has 0 aliphatic heterocycles. The Bertz CT molecular complexity index is 385. The van der Waals surface area contributed by atoms with Crippen LogP contribution < -0.4 is 0 Å². The predicted octanol–water partition coefficient (Wildman–Crippen LogP) is -0.447. The topological polar surface area (TPSA) is 173 Å². The summed E-state index contributed by atoms with van der Waals surface area (Å²) in [5.41, 5.74) is -1.08. The van der Waals surface area contributed by atoms with Gasteiger partial charge < -0.3 is 30.6 Å². The lowest BCUT2D eigenvalue weighted by Gasteiger charge is -2.31. The second-order valence-electron chi connectivity index (χ2n) is 4.95. The molecule has 23 heavy (non-hydrogen) atoms. The van der Waals surface area contributed by atoms with Crippen molar-refractivity contribution < 1.29 is 45.0 Å². The molecule has 0 aromatic heterocycles. The number of carboxylic acid groups (broad SMARTS) is 3. The van der Waals surface area contributed by atoms with E-state index < -0.39 is 42.5 Å². The van der Waals surface area contributed by atoms with Crippen LogP contribution in [-0.2, 0) is 14.4 Å². The summed E-state index contributed by atoms with van der Waals surface area (Å²) in [5.74, 6) is -3.46. The van der Waals surface area contributed by atoms with Crippen molar-refractivity contribution in [2.75, 3.05) is 19.8 Å². The SMILES string of the molecule is CC(CO)C(C=CC(=O)O)(CO)CO.O=C(O)CCCC(=O)O. The van der Waals surface area contributed by atoms with Crippen LogP contribution in [0.5, 0.6) is 0 Å². The largest absolute Gasteiger partial charge is 0.481 e. The molecule has 0 radical (unpaired) electrons. The number of aliphatic hydroxyl groups is 3. The molecular weight excluding hydrogens is 312 g/mol. The highest BCUT2D eigenvalue weighted by Gasteiger charge is 2.32. The van der Waals surface area contributed by atoms with E-state index in [0.29, 0.717) is 0 Å². The van der Waals surface area contributed by atoms with Gasteiger partial charge in [0.05, 0.1) is 13.2 Å². The molecule has 0 fully saturated rings. The van der Waals surface area contributed by atoms with Crippen LogP contribution in [-0.4, -0.2) is 68.4 Å². The molecule has 9 nitrogen and oxygen atoms in total. The number of hydrogen-bond donors (Lipinski definition) is 6. The van der Waals surface area contributed by atoms with Crippen molar-refractivity contribution in [1.29, 1.82) is 0 Å². The van der Waals surface area contributed by atoms with Gasteiger partial charge in [-0.25, -0.2) is 4.79 Å². The van der Waals surface area contributed by atoms with Gasteiger partial charge in [-0.15, -0.1) is 0 Å². The Labute approximate surface area is 133 Å². The molecule has 0 aliphatic carbocycles. The Balaban J connectivity index is 0. The van der Waals surface area contributed by atoms with Crippen LogP contribution in [0.15, 0.2) is 12.2 Å².